The summed E-state index contributed by atoms with van der Waals surface area (Å²) in [7, 11) is 1.52. The van der Waals surface area contributed by atoms with Gasteiger partial charge in [-0.1, -0.05) is 36.0 Å². The lowest BCUT2D eigenvalue weighted by molar-refractivity contribution is -0.384. The van der Waals surface area contributed by atoms with E-state index in [-0.39, 0.29) is 15.6 Å². The summed E-state index contributed by atoms with van der Waals surface area (Å²) in [6.07, 6.45) is 1.62. The Morgan fingerprint density at radius 3 is 2.75 bits per heavy atom. The zero-order valence-corrected chi connectivity index (χ0v) is 16.1. The van der Waals surface area contributed by atoms with Gasteiger partial charge in [0.1, 0.15) is 5.75 Å². The number of hydrogen-bond donors (Lipinski definition) is 1. The van der Waals surface area contributed by atoms with Crippen LogP contribution in [0.15, 0.2) is 53.4 Å². The number of methoxy groups -OCH3 is 1. The SMILES string of the molecule is COc1ccccc1C=C1SC(=S)N(NC(=O)c2cccc([N+](=O)[O-])c2)C1=O. The largest absolute Gasteiger partial charge is 0.496 e. The van der Waals surface area contributed by atoms with Crippen LogP contribution in [0.2, 0.25) is 0 Å². The number of hydrogen-bond acceptors (Lipinski definition) is 7. The van der Waals surface area contributed by atoms with Gasteiger partial charge >= 0.3 is 0 Å². The van der Waals surface area contributed by atoms with Crippen molar-refractivity contribution in [2.45, 2.75) is 0 Å². The molecule has 1 heterocycles. The van der Waals surface area contributed by atoms with E-state index in [1.807, 2.05) is 0 Å². The van der Waals surface area contributed by atoms with Crippen LogP contribution in [0.1, 0.15) is 15.9 Å². The summed E-state index contributed by atoms with van der Waals surface area (Å²) in [5.41, 5.74) is 2.89. The van der Waals surface area contributed by atoms with Crippen molar-refractivity contribution in [1.82, 2.24) is 10.4 Å². The van der Waals surface area contributed by atoms with Crippen LogP contribution < -0.4 is 10.2 Å². The molecule has 2 aromatic rings. The van der Waals surface area contributed by atoms with Gasteiger partial charge in [-0.2, -0.15) is 5.01 Å². The van der Waals surface area contributed by atoms with Crippen LogP contribution in [-0.2, 0) is 4.79 Å². The van der Waals surface area contributed by atoms with E-state index in [0.29, 0.717) is 16.2 Å². The summed E-state index contributed by atoms with van der Waals surface area (Å²) >= 11 is 6.21. The Kier molecular flexibility index (Phi) is 5.71. The average molecular weight is 415 g/mol. The highest BCUT2D eigenvalue weighted by atomic mass is 32.2. The molecule has 0 bridgehead atoms. The molecule has 1 fully saturated rings. The van der Waals surface area contributed by atoms with Gasteiger partial charge in [-0.05, 0) is 30.4 Å². The minimum absolute atomic E-state index is 0.0389. The van der Waals surface area contributed by atoms with E-state index in [0.717, 1.165) is 22.8 Å². The Balaban J connectivity index is 1.80. The Bertz CT molecular complexity index is 1020. The summed E-state index contributed by atoms with van der Waals surface area (Å²) in [6, 6.07) is 12.3. The van der Waals surface area contributed by atoms with E-state index in [9.17, 15) is 19.7 Å². The fraction of sp³-hybridized carbons (Fsp3) is 0.0556. The normalized spacial score (nSPS) is 15.0. The fourth-order valence-electron chi connectivity index (χ4n) is 2.42. The van der Waals surface area contributed by atoms with Gasteiger partial charge in [0.15, 0.2) is 4.32 Å². The summed E-state index contributed by atoms with van der Waals surface area (Å²) < 4.78 is 5.40. The quantitative estimate of drug-likeness (QED) is 0.346. The molecule has 10 heteroatoms. The second-order valence-corrected chi connectivity index (χ2v) is 7.18. The Morgan fingerprint density at radius 1 is 1.29 bits per heavy atom. The highest BCUT2D eigenvalue weighted by Gasteiger charge is 2.34. The van der Waals surface area contributed by atoms with Gasteiger partial charge in [-0.3, -0.25) is 25.1 Å². The maximum absolute atomic E-state index is 12.6. The summed E-state index contributed by atoms with van der Waals surface area (Å²) in [4.78, 5) is 35.6. The van der Waals surface area contributed by atoms with Gasteiger partial charge in [-0.25, -0.2) is 0 Å². The third-order valence-corrected chi connectivity index (χ3v) is 5.05. The van der Waals surface area contributed by atoms with Crippen molar-refractivity contribution in [1.29, 1.82) is 0 Å². The zero-order chi connectivity index (χ0) is 20.3. The molecule has 8 nitrogen and oxygen atoms in total. The number of rotatable bonds is 5. The lowest BCUT2D eigenvalue weighted by atomic mass is 10.2. The van der Waals surface area contributed by atoms with Crippen molar-refractivity contribution in [3.63, 3.8) is 0 Å². The van der Waals surface area contributed by atoms with Gasteiger partial charge < -0.3 is 4.74 Å². The molecule has 0 spiro atoms. The smallest absolute Gasteiger partial charge is 0.285 e. The summed E-state index contributed by atoms with van der Waals surface area (Å²) in [6.45, 7) is 0. The first-order chi connectivity index (χ1) is 13.4. The molecule has 0 radical (unpaired) electrons. The molecule has 0 saturated carbocycles. The fourth-order valence-corrected chi connectivity index (χ4v) is 3.59. The third kappa shape index (κ3) is 4.02. The molecular formula is C18H13N3O5S2. The number of amides is 2. The van der Waals surface area contributed by atoms with Crippen LogP contribution in [0.4, 0.5) is 5.69 Å². The monoisotopic (exact) mass is 415 g/mol. The van der Waals surface area contributed by atoms with Crippen molar-refractivity contribution in [3.05, 3.63) is 74.7 Å². The maximum Gasteiger partial charge on any atom is 0.285 e. The summed E-state index contributed by atoms with van der Waals surface area (Å²) in [5.74, 6) is -0.591. The second-order valence-electron chi connectivity index (χ2n) is 5.51. The molecule has 1 aliphatic heterocycles. The minimum Gasteiger partial charge on any atom is -0.496 e. The van der Waals surface area contributed by atoms with Crippen LogP contribution in [0.25, 0.3) is 6.08 Å². The van der Waals surface area contributed by atoms with E-state index in [1.165, 1.54) is 25.3 Å². The molecule has 2 amide bonds. The zero-order valence-electron chi connectivity index (χ0n) is 14.4. The van der Waals surface area contributed by atoms with E-state index in [2.05, 4.69) is 5.43 Å². The van der Waals surface area contributed by atoms with Crippen LogP contribution >= 0.6 is 24.0 Å². The number of nitrogens with one attached hydrogen (secondary N) is 1. The molecule has 2 aromatic carbocycles. The molecule has 28 heavy (non-hydrogen) atoms. The predicted octanol–water partition coefficient (Wildman–Crippen LogP) is 3.15. The van der Waals surface area contributed by atoms with Crippen molar-refractivity contribution in [2.24, 2.45) is 0 Å². The maximum atomic E-state index is 12.6. The van der Waals surface area contributed by atoms with Crippen molar-refractivity contribution >= 4 is 51.9 Å². The minimum atomic E-state index is -0.682. The van der Waals surface area contributed by atoms with Gasteiger partial charge in [0, 0.05) is 23.3 Å². The molecule has 1 N–H and O–H groups in total. The molecular weight excluding hydrogens is 402 g/mol. The number of carbonyl (C=O) groups is 2. The predicted molar refractivity (Wildman–Crippen MR) is 109 cm³/mol. The topological polar surface area (TPSA) is 102 Å². The van der Waals surface area contributed by atoms with Gasteiger partial charge in [-0.15, -0.1) is 0 Å². The van der Waals surface area contributed by atoms with Gasteiger partial charge in [0.2, 0.25) is 0 Å². The number of thioether (sulfide) groups is 1. The lowest BCUT2D eigenvalue weighted by Gasteiger charge is -2.15. The summed E-state index contributed by atoms with van der Waals surface area (Å²) in [5, 5.41) is 11.8. The first kappa shape index (κ1) is 19.5. The number of non-ortho nitro benzene ring substituents is 1. The van der Waals surface area contributed by atoms with Gasteiger partial charge in [0.05, 0.1) is 16.9 Å². The highest BCUT2D eigenvalue weighted by molar-refractivity contribution is 8.26. The molecule has 0 unspecified atom stereocenters. The molecule has 1 saturated heterocycles. The van der Waals surface area contributed by atoms with E-state index >= 15 is 0 Å². The number of nitrogens with zero attached hydrogens (tertiary/aromatic N) is 2. The first-order valence-corrected chi connectivity index (χ1v) is 9.09. The Morgan fingerprint density at radius 2 is 2.04 bits per heavy atom. The van der Waals surface area contributed by atoms with Crippen LogP contribution in [-0.4, -0.2) is 33.2 Å². The lowest BCUT2D eigenvalue weighted by Crippen LogP contribution is -2.44. The molecule has 0 aromatic heterocycles. The van der Waals surface area contributed by atoms with Crippen molar-refractivity contribution < 1.29 is 19.2 Å². The van der Waals surface area contributed by atoms with Crippen molar-refractivity contribution in [3.8, 4) is 5.75 Å². The van der Waals surface area contributed by atoms with Crippen molar-refractivity contribution in [2.75, 3.05) is 7.11 Å². The van der Waals surface area contributed by atoms with E-state index < -0.39 is 16.7 Å². The Labute approximate surface area is 169 Å². The number of carbonyl (C=O) groups excluding carboxylic acids is 2. The second kappa shape index (κ2) is 8.19. The standard InChI is InChI=1S/C18H13N3O5S2/c1-26-14-8-3-2-5-11(14)10-15-17(23)20(18(27)28-15)19-16(22)12-6-4-7-13(9-12)21(24)25/h2-10H,1H3,(H,19,22). The molecule has 142 valence electrons. The molecule has 0 atom stereocenters. The number of ether oxygens (including phenoxy) is 1. The third-order valence-electron chi connectivity index (χ3n) is 3.75. The van der Waals surface area contributed by atoms with Crippen LogP contribution in [0.3, 0.4) is 0 Å². The number of nitro benzene ring substituents is 1. The number of benzene rings is 2. The van der Waals surface area contributed by atoms with E-state index in [4.69, 9.17) is 17.0 Å². The molecule has 3 rings (SSSR count). The highest BCUT2D eigenvalue weighted by Crippen LogP contribution is 2.33. The number of thiocarbonyl (C=S) groups is 1. The molecule has 1 aliphatic rings. The van der Waals surface area contributed by atoms with Crippen LogP contribution in [0, 0.1) is 10.1 Å². The molecule has 0 aliphatic carbocycles. The number of hydrazine groups is 1. The Hall–Kier alpha value is -3.24. The number of nitro groups is 1. The van der Waals surface area contributed by atoms with Crippen LogP contribution in [0.5, 0.6) is 5.75 Å². The first-order valence-electron chi connectivity index (χ1n) is 7.87. The van der Waals surface area contributed by atoms with E-state index in [1.54, 1.807) is 30.3 Å². The number of para-hydroxylation sites is 1. The average Bonchev–Trinajstić information content (AvgIpc) is 2.95. The van der Waals surface area contributed by atoms with Gasteiger partial charge in [0.25, 0.3) is 17.5 Å².